The monoisotopic (exact) mass is 323 g/mol. The predicted octanol–water partition coefficient (Wildman–Crippen LogP) is 0.258. The highest BCUT2D eigenvalue weighted by molar-refractivity contribution is 7.86. The van der Waals surface area contributed by atoms with Crippen LogP contribution in [0, 0.1) is 0 Å². The van der Waals surface area contributed by atoms with Crippen LogP contribution in [0.15, 0.2) is 30.6 Å². The largest absolute Gasteiger partial charge is 0.303 e. The number of fused-ring (bicyclic) bond motifs is 1. The Balaban J connectivity index is 1.65. The van der Waals surface area contributed by atoms with Gasteiger partial charge < -0.3 is 4.40 Å². The molecule has 0 saturated carbocycles. The fourth-order valence-corrected chi connectivity index (χ4v) is 3.77. The van der Waals surface area contributed by atoms with E-state index in [2.05, 4.69) is 14.3 Å². The van der Waals surface area contributed by atoms with Crippen molar-refractivity contribution in [3.05, 3.63) is 36.3 Å². The Bertz CT molecular complexity index is 747. The van der Waals surface area contributed by atoms with Gasteiger partial charge in [0.2, 0.25) is 0 Å². The summed E-state index contributed by atoms with van der Waals surface area (Å²) in [7, 11) is -0.158. The summed E-state index contributed by atoms with van der Waals surface area (Å²) >= 11 is 0. The van der Waals surface area contributed by atoms with Gasteiger partial charge in [0.15, 0.2) is 0 Å². The van der Waals surface area contributed by atoms with Gasteiger partial charge in [-0.05, 0) is 12.1 Å². The summed E-state index contributed by atoms with van der Waals surface area (Å²) in [4.78, 5) is 6.65. The van der Waals surface area contributed by atoms with Crippen LogP contribution in [0.5, 0.6) is 0 Å². The number of aromatic nitrogens is 2. The summed E-state index contributed by atoms with van der Waals surface area (Å²) in [6.07, 6.45) is 3.89. The molecule has 3 heterocycles. The number of nitrogens with zero attached hydrogens (tertiary/aromatic N) is 5. The number of imidazole rings is 1. The number of pyridine rings is 1. The SMILES string of the molecule is CN(C)S(=O)(=O)N1CCN(Cc2cnc3ccccn23)CC1. The Labute approximate surface area is 130 Å². The molecule has 0 amide bonds. The van der Waals surface area contributed by atoms with Crippen molar-refractivity contribution in [3.8, 4) is 0 Å². The van der Waals surface area contributed by atoms with Crippen molar-refractivity contribution in [1.29, 1.82) is 0 Å². The van der Waals surface area contributed by atoms with Gasteiger partial charge in [-0.1, -0.05) is 6.07 Å². The molecule has 0 spiro atoms. The van der Waals surface area contributed by atoms with Gasteiger partial charge in [0, 0.05) is 53.0 Å². The standard InChI is InChI=1S/C14H21N5O2S/c1-16(2)22(20,21)18-9-7-17(8-10-18)12-13-11-15-14-5-3-4-6-19(13)14/h3-6,11H,7-10,12H2,1-2H3. The molecule has 3 rings (SSSR count). The van der Waals surface area contributed by atoms with Crippen molar-refractivity contribution in [1.82, 2.24) is 22.9 Å². The Morgan fingerprint density at radius 3 is 2.59 bits per heavy atom. The molecule has 8 heteroatoms. The van der Waals surface area contributed by atoms with Crippen molar-refractivity contribution in [2.75, 3.05) is 40.3 Å². The molecule has 0 aromatic carbocycles. The van der Waals surface area contributed by atoms with E-state index in [1.165, 1.54) is 8.61 Å². The topological polar surface area (TPSA) is 61.2 Å². The van der Waals surface area contributed by atoms with Gasteiger partial charge in [-0.15, -0.1) is 0 Å². The Kier molecular flexibility index (Phi) is 4.18. The molecule has 1 aliphatic rings. The smallest absolute Gasteiger partial charge is 0.281 e. The zero-order valence-corrected chi connectivity index (χ0v) is 13.7. The number of piperazine rings is 1. The molecule has 0 N–H and O–H groups in total. The van der Waals surface area contributed by atoms with E-state index in [-0.39, 0.29) is 0 Å². The minimum Gasteiger partial charge on any atom is -0.303 e. The second kappa shape index (κ2) is 5.96. The predicted molar refractivity (Wildman–Crippen MR) is 84.6 cm³/mol. The molecule has 1 saturated heterocycles. The highest BCUT2D eigenvalue weighted by Crippen LogP contribution is 2.13. The lowest BCUT2D eigenvalue weighted by atomic mass is 10.3. The van der Waals surface area contributed by atoms with E-state index in [0.29, 0.717) is 13.1 Å². The second-order valence-electron chi connectivity index (χ2n) is 5.64. The summed E-state index contributed by atoms with van der Waals surface area (Å²) in [5.74, 6) is 0. The van der Waals surface area contributed by atoms with Crippen molar-refractivity contribution >= 4 is 15.9 Å². The van der Waals surface area contributed by atoms with Crippen molar-refractivity contribution in [3.63, 3.8) is 0 Å². The van der Waals surface area contributed by atoms with Crippen LogP contribution in [0.4, 0.5) is 0 Å². The van der Waals surface area contributed by atoms with Crippen molar-refractivity contribution in [2.45, 2.75) is 6.54 Å². The molecule has 0 bridgehead atoms. The molecule has 0 unspecified atom stereocenters. The van der Waals surface area contributed by atoms with E-state index < -0.39 is 10.2 Å². The molecular weight excluding hydrogens is 302 g/mol. The first-order valence-electron chi connectivity index (χ1n) is 7.29. The maximum atomic E-state index is 12.1. The second-order valence-corrected chi connectivity index (χ2v) is 7.79. The zero-order chi connectivity index (χ0) is 15.7. The van der Waals surface area contributed by atoms with Crippen LogP contribution < -0.4 is 0 Å². The Hall–Kier alpha value is -1.48. The molecule has 0 radical (unpaired) electrons. The molecule has 2 aromatic rings. The maximum absolute atomic E-state index is 12.1. The summed E-state index contributed by atoms with van der Waals surface area (Å²) in [6.45, 7) is 3.29. The van der Waals surface area contributed by atoms with E-state index >= 15 is 0 Å². The third-order valence-corrected chi connectivity index (χ3v) is 5.94. The number of rotatable bonds is 4. The molecule has 0 aliphatic carbocycles. The molecule has 22 heavy (non-hydrogen) atoms. The van der Waals surface area contributed by atoms with E-state index in [0.717, 1.165) is 31.0 Å². The van der Waals surface area contributed by atoms with Crippen LogP contribution >= 0.6 is 0 Å². The quantitative estimate of drug-likeness (QED) is 0.810. The summed E-state index contributed by atoms with van der Waals surface area (Å²) in [5.41, 5.74) is 2.06. The van der Waals surface area contributed by atoms with Gasteiger partial charge in [0.1, 0.15) is 5.65 Å². The van der Waals surface area contributed by atoms with Crippen molar-refractivity contribution in [2.24, 2.45) is 0 Å². The minimum absolute atomic E-state index is 0.525. The summed E-state index contributed by atoms with van der Waals surface area (Å²) in [6, 6.07) is 5.93. The first kappa shape index (κ1) is 15.4. The highest BCUT2D eigenvalue weighted by atomic mass is 32.2. The van der Waals surface area contributed by atoms with E-state index in [9.17, 15) is 8.42 Å². The molecule has 7 nitrogen and oxygen atoms in total. The van der Waals surface area contributed by atoms with Gasteiger partial charge in [-0.25, -0.2) is 4.98 Å². The van der Waals surface area contributed by atoms with E-state index in [4.69, 9.17) is 0 Å². The Morgan fingerprint density at radius 2 is 1.91 bits per heavy atom. The van der Waals surface area contributed by atoms with Gasteiger partial charge in [-0.3, -0.25) is 4.90 Å². The zero-order valence-electron chi connectivity index (χ0n) is 12.9. The van der Waals surface area contributed by atoms with Crippen LogP contribution in [0.25, 0.3) is 5.65 Å². The first-order chi connectivity index (χ1) is 10.5. The van der Waals surface area contributed by atoms with Crippen LogP contribution in [0.2, 0.25) is 0 Å². The van der Waals surface area contributed by atoms with Crippen LogP contribution in [0.1, 0.15) is 5.69 Å². The lowest BCUT2D eigenvalue weighted by molar-refractivity contribution is 0.175. The van der Waals surface area contributed by atoms with E-state index in [1.807, 2.05) is 30.6 Å². The number of hydrogen-bond acceptors (Lipinski definition) is 4. The normalized spacial score (nSPS) is 18.3. The van der Waals surface area contributed by atoms with Gasteiger partial charge >= 0.3 is 0 Å². The fraction of sp³-hybridized carbons (Fsp3) is 0.500. The lowest BCUT2D eigenvalue weighted by Crippen LogP contribution is -2.51. The van der Waals surface area contributed by atoms with Gasteiger partial charge in [0.05, 0.1) is 11.9 Å². The molecule has 120 valence electrons. The van der Waals surface area contributed by atoms with Crippen LogP contribution in [0.3, 0.4) is 0 Å². The maximum Gasteiger partial charge on any atom is 0.281 e. The molecular formula is C14H21N5O2S. The minimum atomic E-state index is -3.30. The third kappa shape index (κ3) is 2.87. The fourth-order valence-electron chi connectivity index (χ4n) is 2.68. The van der Waals surface area contributed by atoms with Crippen molar-refractivity contribution < 1.29 is 8.42 Å². The van der Waals surface area contributed by atoms with Crippen LogP contribution in [-0.2, 0) is 16.8 Å². The third-order valence-electron chi connectivity index (χ3n) is 4.00. The molecule has 1 fully saturated rings. The highest BCUT2D eigenvalue weighted by Gasteiger charge is 2.28. The first-order valence-corrected chi connectivity index (χ1v) is 8.69. The Morgan fingerprint density at radius 1 is 1.18 bits per heavy atom. The average Bonchev–Trinajstić information content (AvgIpc) is 2.91. The van der Waals surface area contributed by atoms with Gasteiger partial charge in [0.25, 0.3) is 10.2 Å². The lowest BCUT2D eigenvalue weighted by Gasteiger charge is -2.34. The molecule has 1 aliphatic heterocycles. The molecule has 2 aromatic heterocycles. The summed E-state index contributed by atoms with van der Waals surface area (Å²) < 4.78 is 29.1. The average molecular weight is 323 g/mol. The summed E-state index contributed by atoms with van der Waals surface area (Å²) in [5, 5.41) is 0. The molecule has 0 atom stereocenters. The van der Waals surface area contributed by atoms with Gasteiger partial charge in [-0.2, -0.15) is 17.0 Å². The van der Waals surface area contributed by atoms with E-state index in [1.54, 1.807) is 14.1 Å². The van der Waals surface area contributed by atoms with Crippen LogP contribution in [-0.4, -0.2) is 71.6 Å². The number of hydrogen-bond donors (Lipinski definition) is 0.